The maximum absolute atomic E-state index is 12.3. The Morgan fingerprint density at radius 1 is 1.30 bits per heavy atom. The van der Waals surface area contributed by atoms with Crippen LogP contribution in [0.1, 0.15) is 12.0 Å². The first-order valence-electron chi connectivity index (χ1n) is 9.31. The number of para-hydroxylation sites is 1. The van der Waals surface area contributed by atoms with E-state index < -0.39 is 12.8 Å². The van der Waals surface area contributed by atoms with Gasteiger partial charge in [-0.1, -0.05) is 18.2 Å². The molecular weight excluding hydrogens is 399 g/mol. The smallest absolute Gasteiger partial charge is 0.422 e. The second-order valence-electron chi connectivity index (χ2n) is 6.72. The van der Waals surface area contributed by atoms with E-state index in [1.54, 1.807) is 18.0 Å². The molecule has 1 aromatic heterocycles. The summed E-state index contributed by atoms with van der Waals surface area (Å²) in [6.45, 7) is -0.588. The fraction of sp³-hybridized carbons (Fsp3) is 0.350. The van der Waals surface area contributed by atoms with Gasteiger partial charge in [-0.15, -0.1) is 0 Å². The molecule has 1 aliphatic rings. The van der Waals surface area contributed by atoms with E-state index in [0.717, 1.165) is 5.69 Å². The largest absolute Gasteiger partial charge is 0.468 e. The van der Waals surface area contributed by atoms with Gasteiger partial charge in [0.2, 0.25) is 11.8 Å². The predicted molar refractivity (Wildman–Crippen MR) is 106 cm³/mol. The van der Waals surface area contributed by atoms with Crippen molar-refractivity contribution in [2.75, 3.05) is 25.1 Å². The number of hydrogen-bond acceptors (Lipinski definition) is 4. The highest BCUT2D eigenvalue weighted by Gasteiger charge is 2.31. The SMILES string of the molecule is CN=C(NCc1ccnc(OCC(F)(F)F)c1)NC1CC(=O)N(c2ccccc2)C1. The second-order valence-corrected chi connectivity index (χ2v) is 6.72. The van der Waals surface area contributed by atoms with Crippen LogP contribution in [0.5, 0.6) is 5.88 Å². The van der Waals surface area contributed by atoms with E-state index in [9.17, 15) is 18.0 Å². The van der Waals surface area contributed by atoms with E-state index in [1.807, 2.05) is 30.3 Å². The third kappa shape index (κ3) is 6.10. The number of amides is 1. The Hall–Kier alpha value is -3.30. The lowest BCUT2D eigenvalue weighted by molar-refractivity contribution is -0.154. The van der Waals surface area contributed by atoms with Crippen molar-refractivity contribution >= 4 is 17.6 Å². The summed E-state index contributed by atoms with van der Waals surface area (Å²) < 4.78 is 41.5. The summed E-state index contributed by atoms with van der Waals surface area (Å²) in [7, 11) is 1.60. The molecule has 1 aromatic carbocycles. The Morgan fingerprint density at radius 3 is 2.77 bits per heavy atom. The third-order valence-corrected chi connectivity index (χ3v) is 4.40. The van der Waals surface area contributed by atoms with Gasteiger partial charge in [0.05, 0.1) is 6.04 Å². The van der Waals surface area contributed by atoms with Gasteiger partial charge in [0.25, 0.3) is 0 Å². The first kappa shape index (κ1) is 21.4. The molecule has 0 bridgehead atoms. The highest BCUT2D eigenvalue weighted by atomic mass is 19.4. The molecular formula is C20H22F3N5O2. The Balaban J connectivity index is 1.53. The van der Waals surface area contributed by atoms with Crippen LogP contribution >= 0.6 is 0 Å². The zero-order chi connectivity index (χ0) is 21.6. The number of pyridine rings is 1. The fourth-order valence-corrected chi connectivity index (χ4v) is 3.03. The number of alkyl halides is 3. The Labute approximate surface area is 172 Å². The normalized spacial score (nSPS) is 17.2. The molecule has 1 atom stereocenters. The molecule has 1 amide bonds. The van der Waals surface area contributed by atoms with Gasteiger partial charge in [-0.3, -0.25) is 9.79 Å². The number of anilines is 1. The lowest BCUT2D eigenvalue weighted by atomic mass is 10.2. The minimum absolute atomic E-state index is 0.0229. The second kappa shape index (κ2) is 9.47. The Bertz CT molecular complexity index is 890. The Kier molecular flexibility index (Phi) is 6.76. The summed E-state index contributed by atoms with van der Waals surface area (Å²) in [6, 6.07) is 12.4. The molecule has 2 N–H and O–H groups in total. The maximum Gasteiger partial charge on any atom is 0.422 e. The van der Waals surface area contributed by atoms with Gasteiger partial charge in [0.1, 0.15) is 0 Å². The molecule has 30 heavy (non-hydrogen) atoms. The Morgan fingerprint density at radius 2 is 2.07 bits per heavy atom. The van der Waals surface area contributed by atoms with Crippen LogP contribution in [0.2, 0.25) is 0 Å². The van der Waals surface area contributed by atoms with Crippen molar-refractivity contribution in [2.24, 2.45) is 4.99 Å². The van der Waals surface area contributed by atoms with Gasteiger partial charge in [0.15, 0.2) is 12.6 Å². The van der Waals surface area contributed by atoms with Crippen LogP contribution in [0.25, 0.3) is 0 Å². The third-order valence-electron chi connectivity index (χ3n) is 4.40. The number of aliphatic imine (C=N–C) groups is 1. The summed E-state index contributed by atoms with van der Waals surface area (Å²) in [5.41, 5.74) is 1.52. The quantitative estimate of drug-likeness (QED) is 0.554. The highest BCUT2D eigenvalue weighted by molar-refractivity contribution is 5.97. The molecule has 0 radical (unpaired) electrons. The van der Waals surface area contributed by atoms with Crippen molar-refractivity contribution in [3.63, 3.8) is 0 Å². The molecule has 1 saturated heterocycles. The summed E-state index contributed by atoms with van der Waals surface area (Å²) in [5, 5.41) is 6.29. The van der Waals surface area contributed by atoms with Gasteiger partial charge in [-0.2, -0.15) is 13.2 Å². The molecule has 7 nitrogen and oxygen atoms in total. The van der Waals surface area contributed by atoms with E-state index in [0.29, 0.717) is 31.0 Å². The molecule has 160 valence electrons. The van der Waals surface area contributed by atoms with Gasteiger partial charge in [0, 0.05) is 44.5 Å². The van der Waals surface area contributed by atoms with E-state index in [-0.39, 0.29) is 17.8 Å². The molecule has 1 aliphatic heterocycles. The van der Waals surface area contributed by atoms with E-state index in [4.69, 9.17) is 0 Å². The number of aromatic nitrogens is 1. The first-order chi connectivity index (χ1) is 14.3. The number of halogens is 3. The van der Waals surface area contributed by atoms with Crippen LogP contribution < -0.4 is 20.3 Å². The number of guanidine groups is 1. The maximum atomic E-state index is 12.3. The average Bonchev–Trinajstić information content (AvgIpc) is 3.10. The molecule has 1 fully saturated rings. The number of ether oxygens (including phenoxy) is 1. The van der Waals surface area contributed by atoms with Gasteiger partial charge >= 0.3 is 6.18 Å². The molecule has 2 heterocycles. The minimum atomic E-state index is -4.42. The highest BCUT2D eigenvalue weighted by Crippen LogP contribution is 2.21. The standard InChI is InChI=1S/C20H22F3N5O2/c1-24-19(26-11-14-7-8-25-17(9-14)30-13-20(21,22)23)27-15-10-18(29)28(12-15)16-5-3-2-4-6-16/h2-9,15H,10-13H2,1H3,(H2,24,26,27). The van der Waals surface area contributed by atoms with Crippen LogP contribution in [0.4, 0.5) is 18.9 Å². The van der Waals surface area contributed by atoms with Crippen LogP contribution in [0.15, 0.2) is 53.7 Å². The number of rotatable bonds is 6. The number of carbonyl (C=O) groups excluding carboxylic acids is 1. The van der Waals surface area contributed by atoms with E-state index in [2.05, 4.69) is 25.3 Å². The summed E-state index contributed by atoms with van der Waals surface area (Å²) in [5.74, 6) is 0.404. The van der Waals surface area contributed by atoms with Crippen LogP contribution in [0, 0.1) is 0 Å². The van der Waals surface area contributed by atoms with Crippen molar-refractivity contribution in [1.82, 2.24) is 15.6 Å². The number of benzene rings is 1. The van der Waals surface area contributed by atoms with Crippen molar-refractivity contribution in [3.05, 3.63) is 54.2 Å². The number of hydrogen-bond donors (Lipinski definition) is 2. The summed E-state index contributed by atoms with van der Waals surface area (Å²) >= 11 is 0. The van der Waals surface area contributed by atoms with Gasteiger partial charge < -0.3 is 20.3 Å². The van der Waals surface area contributed by atoms with Crippen molar-refractivity contribution in [1.29, 1.82) is 0 Å². The lowest BCUT2D eigenvalue weighted by Gasteiger charge is -2.19. The number of nitrogens with zero attached hydrogens (tertiary/aromatic N) is 3. The predicted octanol–water partition coefficient (Wildman–Crippen LogP) is 2.49. The van der Waals surface area contributed by atoms with Gasteiger partial charge in [-0.25, -0.2) is 4.98 Å². The topological polar surface area (TPSA) is 78.9 Å². The molecule has 3 rings (SSSR count). The zero-order valence-electron chi connectivity index (χ0n) is 16.3. The summed E-state index contributed by atoms with van der Waals surface area (Å²) in [6.07, 6.45) is -2.71. The van der Waals surface area contributed by atoms with Crippen molar-refractivity contribution in [2.45, 2.75) is 25.2 Å². The monoisotopic (exact) mass is 421 g/mol. The molecule has 2 aromatic rings. The molecule has 1 unspecified atom stereocenters. The summed E-state index contributed by atoms with van der Waals surface area (Å²) in [4.78, 5) is 22.0. The first-order valence-corrected chi connectivity index (χ1v) is 9.31. The van der Waals surface area contributed by atoms with Crippen LogP contribution in [-0.2, 0) is 11.3 Å². The average molecular weight is 421 g/mol. The van der Waals surface area contributed by atoms with Crippen molar-refractivity contribution < 1.29 is 22.7 Å². The zero-order valence-corrected chi connectivity index (χ0v) is 16.3. The van der Waals surface area contributed by atoms with Gasteiger partial charge in [-0.05, 0) is 23.8 Å². The fourth-order valence-electron chi connectivity index (χ4n) is 3.03. The molecule has 0 spiro atoms. The number of carbonyl (C=O) groups is 1. The molecule has 0 aliphatic carbocycles. The molecule has 0 saturated carbocycles. The molecule has 10 heteroatoms. The van der Waals surface area contributed by atoms with E-state index >= 15 is 0 Å². The lowest BCUT2D eigenvalue weighted by Crippen LogP contribution is -2.44. The van der Waals surface area contributed by atoms with E-state index in [1.165, 1.54) is 12.3 Å². The van der Waals surface area contributed by atoms with Crippen LogP contribution in [-0.4, -0.2) is 49.3 Å². The number of nitrogens with one attached hydrogen (secondary N) is 2. The minimum Gasteiger partial charge on any atom is -0.468 e. The van der Waals surface area contributed by atoms with Crippen LogP contribution in [0.3, 0.4) is 0 Å². The van der Waals surface area contributed by atoms with Crippen molar-refractivity contribution in [3.8, 4) is 5.88 Å².